The van der Waals surface area contributed by atoms with Crippen molar-refractivity contribution in [2.45, 2.75) is 77.9 Å². The van der Waals surface area contributed by atoms with Gasteiger partial charge < -0.3 is 14.2 Å². The van der Waals surface area contributed by atoms with Crippen LogP contribution in [0.2, 0.25) is 25.7 Å². The predicted molar refractivity (Wildman–Crippen MR) is 156 cm³/mol. The lowest BCUT2D eigenvalue weighted by atomic mass is 9.90. The van der Waals surface area contributed by atoms with E-state index >= 15 is 0 Å². The van der Waals surface area contributed by atoms with E-state index in [1.165, 1.54) is 5.69 Å². The summed E-state index contributed by atoms with van der Waals surface area (Å²) in [6, 6.07) is 15.1. The average molecular weight is 533 g/mol. The summed E-state index contributed by atoms with van der Waals surface area (Å²) in [6.45, 7) is 16.1. The minimum absolute atomic E-state index is 0.187. The van der Waals surface area contributed by atoms with Gasteiger partial charge in [0, 0.05) is 50.6 Å². The number of nitriles is 1. The molecule has 0 saturated carbocycles. The monoisotopic (exact) mass is 532 g/mol. The van der Waals surface area contributed by atoms with Gasteiger partial charge in [-0.2, -0.15) is 5.26 Å². The normalized spacial score (nSPS) is 15.5. The van der Waals surface area contributed by atoms with Gasteiger partial charge in [-0.3, -0.25) is 0 Å². The van der Waals surface area contributed by atoms with Gasteiger partial charge in [0.15, 0.2) is 0 Å². The van der Waals surface area contributed by atoms with Crippen molar-refractivity contribution in [3.8, 4) is 17.2 Å². The zero-order valence-corrected chi connectivity index (χ0v) is 24.7. The number of ether oxygens (including phenoxy) is 1. The molecule has 3 aromatic rings. The number of rotatable bonds is 9. The molecule has 202 valence electrons. The van der Waals surface area contributed by atoms with Crippen LogP contribution in [0.5, 0.6) is 0 Å². The number of nitrogens with zero attached hydrogens (tertiary/aromatic N) is 4. The first-order valence-corrected chi connectivity index (χ1v) is 17.4. The number of anilines is 1. The maximum Gasteiger partial charge on any atom is 0.126 e. The van der Waals surface area contributed by atoms with Crippen LogP contribution < -0.4 is 4.90 Å². The molecule has 7 heteroatoms. The van der Waals surface area contributed by atoms with Gasteiger partial charge >= 0.3 is 0 Å². The average Bonchev–Trinajstić information content (AvgIpc) is 3.27. The zero-order chi connectivity index (χ0) is 27.4. The molecule has 1 unspecified atom stereocenters. The summed E-state index contributed by atoms with van der Waals surface area (Å²) in [4.78, 5) is 7.05. The molecule has 1 aliphatic heterocycles. The molecule has 1 fully saturated rings. The van der Waals surface area contributed by atoms with E-state index in [0.29, 0.717) is 18.2 Å². The molecular weight excluding hydrogens is 491 g/mol. The molecule has 0 N–H and O–H groups in total. The van der Waals surface area contributed by atoms with Gasteiger partial charge in [0.2, 0.25) is 0 Å². The van der Waals surface area contributed by atoms with Crippen molar-refractivity contribution < 1.29 is 9.13 Å². The number of hydrogen-bond donors (Lipinski definition) is 0. The van der Waals surface area contributed by atoms with Gasteiger partial charge in [0.25, 0.3) is 0 Å². The minimum Gasteiger partial charge on any atom is -0.371 e. The second-order valence-corrected chi connectivity index (χ2v) is 17.5. The van der Waals surface area contributed by atoms with Crippen molar-refractivity contribution >= 4 is 13.8 Å². The molecule has 4 rings (SSSR count). The van der Waals surface area contributed by atoms with Crippen molar-refractivity contribution in [2.24, 2.45) is 0 Å². The predicted octanol–water partition coefficient (Wildman–Crippen LogP) is 7.63. The van der Waals surface area contributed by atoms with Crippen LogP contribution in [0, 0.1) is 31.0 Å². The van der Waals surface area contributed by atoms with Gasteiger partial charge in [-0.25, -0.2) is 9.37 Å². The first kappa shape index (κ1) is 28.1. The van der Waals surface area contributed by atoms with Gasteiger partial charge in [-0.1, -0.05) is 37.8 Å². The molecule has 1 atom stereocenters. The Bertz CT molecular complexity index is 1300. The first-order chi connectivity index (χ1) is 18.1. The van der Waals surface area contributed by atoms with E-state index in [-0.39, 0.29) is 11.7 Å². The molecule has 0 amide bonds. The topological polar surface area (TPSA) is 54.1 Å². The molecule has 0 aliphatic carbocycles. The van der Waals surface area contributed by atoms with Crippen LogP contribution in [0.3, 0.4) is 0 Å². The van der Waals surface area contributed by atoms with Crippen molar-refractivity contribution in [2.75, 3.05) is 24.6 Å². The van der Waals surface area contributed by atoms with E-state index in [1.54, 1.807) is 13.0 Å². The fourth-order valence-electron chi connectivity index (χ4n) is 5.27. The van der Waals surface area contributed by atoms with Crippen LogP contribution in [0.25, 0.3) is 11.1 Å². The highest BCUT2D eigenvalue weighted by atomic mass is 28.3. The van der Waals surface area contributed by atoms with E-state index in [1.807, 2.05) is 31.5 Å². The number of benzene rings is 2. The highest BCUT2D eigenvalue weighted by Gasteiger charge is 2.27. The number of imidazole rings is 1. The van der Waals surface area contributed by atoms with Gasteiger partial charge in [-0.05, 0) is 74.5 Å². The van der Waals surface area contributed by atoms with Crippen LogP contribution in [0.4, 0.5) is 10.1 Å². The van der Waals surface area contributed by atoms with Gasteiger partial charge in [0.1, 0.15) is 12.5 Å². The lowest BCUT2D eigenvalue weighted by Crippen LogP contribution is -2.34. The molecule has 1 aliphatic rings. The van der Waals surface area contributed by atoms with E-state index in [9.17, 15) is 9.65 Å². The third-order valence-electron chi connectivity index (χ3n) is 7.70. The molecule has 5 nitrogen and oxygen atoms in total. The largest absolute Gasteiger partial charge is 0.371 e. The van der Waals surface area contributed by atoms with Crippen molar-refractivity contribution in [3.63, 3.8) is 0 Å². The maximum atomic E-state index is 14.0. The fourth-order valence-corrected chi connectivity index (χ4v) is 6.03. The smallest absolute Gasteiger partial charge is 0.126 e. The highest BCUT2D eigenvalue weighted by molar-refractivity contribution is 6.76. The molecule has 2 aromatic carbocycles. The van der Waals surface area contributed by atoms with Crippen molar-refractivity contribution in [3.05, 3.63) is 71.1 Å². The van der Waals surface area contributed by atoms with Crippen LogP contribution in [0.1, 0.15) is 54.1 Å². The standard InChI is InChI=1S/C31H41FN4OSi/c1-22-17-27(8-10-29(22)32)28-9-7-26(23(2)19-33)18-30(28)35-13-11-25(12-14-35)31-24(3)34-20-36(31)21-37-15-16-38(4,5)6/h7-10,17-18,20,23,25H,11-16,21H2,1-6H3. The van der Waals surface area contributed by atoms with E-state index in [2.05, 4.69) is 59.2 Å². The Kier molecular flexibility index (Phi) is 8.74. The molecule has 1 aromatic heterocycles. The second-order valence-electron chi connectivity index (χ2n) is 11.9. The molecule has 1 saturated heterocycles. The van der Waals surface area contributed by atoms with E-state index in [4.69, 9.17) is 4.74 Å². The maximum absolute atomic E-state index is 14.0. The zero-order valence-electron chi connectivity index (χ0n) is 23.7. The van der Waals surface area contributed by atoms with Crippen LogP contribution in [0.15, 0.2) is 42.7 Å². The summed E-state index contributed by atoms with van der Waals surface area (Å²) in [7, 11) is -1.12. The lowest BCUT2D eigenvalue weighted by Gasteiger charge is -2.36. The Morgan fingerprint density at radius 1 is 1.13 bits per heavy atom. The van der Waals surface area contributed by atoms with Crippen LogP contribution in [-0.2, 0) is 11.5 Å². The Labute approximate surface area is 228 Å². The number of aromatic nitrogens is 2. The molecular formula is C31H41FN4OSi. The Morgan fingerprint density at radius 2 is 1.87 bits per heavy atom. The molecule has 0 spiro atoms. The molecule has 2 heterocycles. The fraction of sp³-hybridized carbons (Fsp3) is 0.484. The minimum atomic E-state index is -1.12. The summed E-state index contributed by atoms with van der Waals surface area (Å²) >= 11 is 0. The number of hydrogen-bond acceptors (Lipinski definition) is 4. The number of piperidine rings is 1. The van der Waals surface area contributed by atoms with Gasteiger partial charge in [-0.15, -0.1) is 0 Å². The van der Waals surface area contributed by atoms with Gasteiger partial charge in [0.05, 0.1) is 24.0 Å². The van der Waals surface area contributed by atoms with Crippen molar-refractivity contribution in [1.29, 1.82) is 5.26 Å². The molecule has 0 bridgehead atoms. The Balaban J connectivity index is 1.53. The number of aryl methyl sites for hydroxylation is 2. The summed E-state index contributed by atoms with van der Waals surface area (Å²) in [5.41, 5.74) is 7.23. The Hall–Kier alpha value is -2.95. The molecule has 0 radical (unpaired) electrons. The SMILES string of the molecule is Cc1cc(-c2ccc(C(C)C#N)cc2N2CCC(c3c(C)ncn3COCC[Si](C)(C)C)CC2)ccc1F. The number of halogens is 1. The van der Waals surface area contributed by atoms with Crippen LogP contribution >= 0.6 is 0 Å². The summed E-state index contributed by atoms with van der Waals surface area (Å²) in [6.07, 6.45) is 3.95. The molecule has 38 heavy (non-hydrogen) atoms. The van der Waals surface area contributed by atoms with E-state index in [0.717, 1.165) is 66.7 Å². The third-order valence-corrected chi connectivity index (χ3v) is 9.41. The van der Waals surface area contributed by atoms with E-state index < -0.39 is 8.07 Å². The quantitative estimate of drug-likeness (QED) is 0.210. The lowest BCUT2D eigenvalue weighted by molar-refractivity contribution is 0.0841. The highest BCUT2D eigenvalue weighted by Crippen LogP contribution is 2.38. The summed E-state index contributed by atoms with van der Waals surface area (Å²) in [5.74, 6) is 0.0441. The second kappa shape index (κ2) is 11.8. The van der Waals surface area contributed by atoms with Crippen molar-refractivity contribution in [1.82, 2.24) is 9.55 Å². The third kappa shape index (κ3) is 6.54. The Morgan fingerprint density at radius 3 is 2.53 bits per heavy atom. The summed E-state index contributed by atoms with van der Waals surface area (Å²) in [5, 5.41) is 9.53. The van der Waals surface area contributed by atoms with Crippen LogP contribution in [-0.4, -0.2) is 37.3 Å². The summed E-state index contributed by atoms with van der Waals surface area (Å²) < 4.78 is 22.3. The first-order valence-electron chi connectivity index (χ1n) is 13.7.